The number of carbonyl (C=O) groups is 2. The molecule has 1 N–H and O–H groups in total. The molecule has 1 aromatic rings. The van der Waals surface area contributed by atoms with Crippen molar-refractivity contribution < 1.29 is 14.7 Å². The topological polar surface area (TPSA) is 60.9 Å². The fourth-order valence-corrected chi connectivity index (χ4v) is 2.75. The monoisotopic (exact) mass is 330 g/mol. The maximum Gasteiger partial charge on any atom is 0.239 e. The van der Waals surface area contributed by atoms with Crippen LogP contribution in [0.5, 0.6) is 0 Å². The molecule has 1 heterocycles. The second-order valence-corrected chi connectivity index (χ2v) is 5.75. The Bertz CT molecular complexity index is 565. The molecule has 0 saturated carbocycles. The van der Waals surface area contributed by atoms with Crippen molar-refractivity contribution in [2.45, 2.75) is 6.42 Å². The molecular weight excluding hydrogens is 315 g/mol. The Balaban J connectivity index is 2.18. The Labute approximate surface area is 133 Å². The lowest BCUT2D eigenvalue weighted by Gasteiger charge is -2.21. The molecule has 0 aromatic heterocycles. The highest BCUT2D eigenvalue weighted by Gasteiger charge is 2.39. The average Bonchev–Trinajstić information content (AvgIpc) is 2.82. The van der Waals surface area contributed by atoms with Crippen molar-refractivity contribution in [1.82, 2.24) is 4.90 Å². The van der Waals surface area contributed by atoms with Gasteiger partial charge in [0.05, 0.1) is 17.3 Å². The van der Waals surface area contributed by atoms with Gasteiger partial charge in [0.15, 0.2) is 0 Å². The third-order valence-corrected chi connectivity index (χ3v) is 4.07. The van der Waals surface area contributed by atoms with E-state index in [4.69, 9.17) is 28.3 Å². The van der Waals surface area contributed by atoms with E-state index in [9.17, 15) is 9.59 Å². The van der Waals surface area contributed by atoms with Crippen molar-refractivity contribution in [3.8, 4) is 0 Å². The Hall–Kier alpha value is -1.30. The fraction of sp³-hybridized carbons (Fsp3) is 0.429. The summed E-state index contributed by atoms with van der Waals surface area (Å²) in [5.41, 5.74) is 0.522. The van der Waals surface area contributed by atoms with Gasteiger partial charge in [0.1, 0.15) is 5.92 Å². The molecule has 0 spiro atoms. The largest absolute Gasteiger partial charge is 0.395 e. The van der Waals surface area contributed by atoms with Crippen LogP contribution in [0.15, 0.2) is 18.2 Å². The SMILES string of the molecule is CN(CCO)C(=O)C1CCN(c2cc(Cl)ccc2Cl)C1=O. The molecule has 114 valence electrons. The summed E-state index contributed by atoms with van der Waals surface area (Å²) in [6.07, 6.45) is 0.427. The predicted molar refractivity (Wildman–Crippen MR) is 81.6 cm³/mol. The summed E-state index contributed by atoms with van der Waals surface area (Å²) in [6, 6.07) is 4.89. The van der Waals surface area contributed by atoms with E-state index in [0.717, 1.165) is 0 Å². The van der Waals surface area contributed by atoms with Crippen molar-refractivity contribution >= 4 is 40.7 Å². The van der Waals surface area contributed by atoms with Crippen LogP contribution < -0.4 is 4.90 Å². The molecule has 7 heteroatoms. The smallest absolute Gasteiger partial charge is 0.239 e. The maximum atomic E-state index is 12.4. The Morgan fingerprint density at radius 3 is 2.86 bits per heavy atom. The molecule has 1 unspecified atom stereocenters. The maximum absolute atomic E-state index is 12.4. The number of amides is 2. The second-order valence-electron chi connectivity index (χ2n) is 4.91. The minimum Gasteiger partial charge on any atom is -0.395 e. The molecule has 1 aliphatic heterocycles. The number of carbonyl (C=O) groups excluding carboxylic acids is 2. The van der Waals surface area contributed by atoms with Crippen LogP contribution >= 0.6 is 23.2 Å². The number of aliphatic hydroxyl groups excluding tert-OH is 1. The lowest BCUT2D eigenvalue weighted by atomic mass is 10.1. The van der Waals surface area contributed by atoms with Crippen molar-refractivity contribution in [2.24, 2.45) is 5.92 Å². The minimum absolute atomic E-state index is 0.132. The first-order valence-electron chi connectivity index (χ1n) is 6.58. The summed E-state index contributed by atoms with van der Waals surface area (Å²) in [4.78, 5) is 27.5. The zero-order chi connectivity index (χ0) is 15.6. The lowest BCUT2D eigenvalue weighted by Crippen LogP contribution is -2.39. The standard InChI is InChI=1S/C14H16Cl2N2O3/c1-17(6-7-19)13(20)10-4-5-18(14(10)21)12-8-9(15)2-3-11(12)16/h2-3,8,10,19H,4-7H2,1H3. The molecule has 0 bridgehead atoms. The number of benzene rings is 1. The summed E-state index contributed by atoms with van der Waals surface area (Å²) in [7, 11) is 1.57. The minimum atomic E-state index is -0.725. The van der Waals surface area contributed by atoms with Crippen LogP contribution in [0.1, 0.15) is 6.42 Å². The van der Waals surface area contributed by atoms with Gasteiger partial charge >= 0.3 is 0 Å². The van der Waals surface area contributed by atoms with Crippen molar-refractivity contribution in [3.63, 3.8) is 0 Å². The van der Waals surface area contributed by atoms with Gasteiger partial charge in [0, 0.05) is 25.2 Å². The van der Waals surface area contributed by atoms with Crippen LogP contribution in [0, 0.1) is 5.92 Å². The highest BCUT2D eigenvalue weighted by molar-refractivity contribution is 6.36. The van der Waals surface area contributed by atoms with E-state index >= 15 is 0 Å². The molecule has 1 fully saturated rings. The lowest BCUT2D eigenvalue weighted by molar-refractivity contribution is -0.139. The Morgan fingerprint density at radius 1 is 1.48 bits per heavy atom. The highest BCUT2D eigenvalue weighted by atomic mass is 35.5. The molecule has 1 atom stereocenters. The van der Waals surface area contributed by atoms with Crippen LogP contribution in [0.3, 0.4) is 0 Å². The van der Waals surface area contributed by atoms with E-state index in [1.807, 2.05) is 0 Å². The molecule has 2 amide bonds. The van der Waals surface area contributed by atoms with Gasteiger partial charge in [-0.2, -0.15) is 0 Å². The summed E-state index contributed by atoms with van der Waals surface area (Å²) in [6.45, 7) is 0.496. The number of hydrogen-bond donors (Lipinski definition) is 1. The normalized spacial score (nSPS) is 18.2. The van der Waals surface area contributed by atoms with E-state index in [1.54, 1.807) is 25.2 Å². The number of anilines is 1. The number of hydrogen-bond acceptors (Lipinski definition) is 3. The van der Waals surface area contributed by atoms with Crippen molar-refractivity contribution in [1.29, 1.82) is 0 Å². The molecule has 1 saturated heterocycles. The molecule has 2 rings (SSSR count). The van der Waals surface area contributed by atoms with Crippen LogP contribution in [0.4, 0.5) is 5.69 Å². The summed E-state index contributed by atoms with van der Waals surface area (Å²) >= 11 is 12.0. The zero-order valence-electron chi connectivity index (χ0n) is 11.6. The van der Waals surface area contributed by atoms with Gasteiger partial charge in [-0.3, -0.25) is 9.59 Å². The van der Waals surface area contributed by atoms with Crippen LogP contribution in [-0.4, -0.2) is 48.6 Å². The first-order chi connectivity index (χ1) is 9.95. The third-order valence-electron chi connectivity index (χ3n) is 3.51. The summed E-state index contributed by atoms with van der Waals surface area (Å²) in [5, 5.41) is 9.77. The average molecular weight is 331 g/mol. The highest BCUT2D eigenvalue weighted by Crippen LogP contribution is 2.33. The summed E-state index contributed by atoms with van der Waals surface area (Å²) < 4.78 is 0. The number of aliphatic hydroxyl groups is 1. The predicted octanol–water partition coefficient (Wildman–Crippen LogP) is 1.80. The molecule has 0 radical (unpaired) electrons. The van der Waals surface area contributed by atoms with E-state index in [1.165, 1.54) is 9.80 Å². The van der Waals surface area contributed by atoms with Gasteiger partial charge in [-0.25, -0.2) is 0 Å². The Kier molecular flexibility index (Phi) is 5.08. The van der Waals surface area contributed by atoms with Gasteiger partial charge in [-0.15, -0.1) is 0 Å². The van der Waals surface area contributed by atoms with E-state index in [0.29, 0.717) is 28.7 Å². The fourth-order valence-electron chi connectivity index (χ4n) is 2.37. The molecule has 21 heavy (non-hydrogen) atoms. The number of rotatable bonds is 4. The van der Waals surface area contributed by atoms with Gasteiger partial charge in [-0.1, -0.05) is 23.2 Å². The Morgan fingerprint density at radius 2 is 2.19 bits per heavy atom. The number of likely N-dealkylation sites (N-methyl/N-ethyl adjacent to an activating group) is 1. The van der Waals surface area contributed by atoms with Crippen LogP contribution in [-0.2, 0) is 9.59 Å². The van der Waals surface area contributed by atoms with Gasteiger partial charge in [0.25, 0.3) is 0 Å². The molecule has 1 aromatic carbocycles. The second kappa shape index (κ2) is 6.64. The number of halogens is 2. The van der Waals surface area contributed by atoms with E-state index in [-0.39, 0.29) is 25.0 Å². The number of nitrogens with zero attached hydrogens (tertiary/aromatic N) is 2. The van der Waals surface area contributed by atoms with Gasteiger partial charge in [-0.05, 0) is 24.6 Å². The summed E-state index contributed by atoms with van der Waals surface area (Å²) in [5.74, 6) is -1.29. The third kappa shape index (κ3) is 3.31. The van der Waals surface area contributed by atoms with E-state index < -0.39 is 5.92 Å². The molecule has 5 nitrogen and oxygen atoms in total. The first kappa shape index (κ1) is 16.1. The van der Waals surface area contributed by atoms with E-state index in [2.05, 4.69) is 0 Å². The zero-order valence-corrected chi connectivity index (χ0v) is 13.1. The van der Waals surface area contributed by atoms with Crippen LogP contribution in [0.25, 0.3) is 0 Å². The van der Waals surface area contributed by atoms with Gasteiger partial charge < -0.3 is 14.9 Å². The molecular formula is C14H16Cl2N2O3. The molecule has 1 aliphatic rings. The molecule has 0 aliphatic carbocycles. The first-order valence-corrected chi connectivity index (χ1v) is 7.33. The van der Waals surface area contributed by atoms with Crippen molar-refractivity contribution in [2.75, 3.05) is 31.6 Å². The van der Waals surface area contributed by atoms with Crippen molar-refractivity contribution in [3.05, 3.63) is 28.2 Å². The van der Waals surface area contributed by atoms with Crippen LogP contribution in [0.2, 0.25) is 10.0 Å². The van der Waals surface area contributed by atoms with Gasteiger partial charge in [0.2, 0.25) is 11.8 Å². The quantitative estimate of drug-likeness (QED) is 0.856.